The van der Waals surface area contributed by atoms with E-state index in [9.17, 15) is 9.90 Å². The number of nitriles is 1. The molecule has 2 N–H and O–H groups in total. The number of aromatic nitrogens is 2. The number of benzene rings is 2. The number of aromatic hydroxyl groups is 1. The van der Waals surface area contributed by atoms with E-state index in [0.29, 0.717) is 11.1 Å². The topological polar surface area (TPSA) is 99.0 Å². The van der Waals surface area contributed by atoms with Gasteiger partial charge >= 0.3 is 5.97 Å². The Kier molecular flexibility index (Phi) is 3.24. The minimum atomic E-state index is -0.571. The van der Waals surface area contributed by atoms with Gasteiger partial charge in [0.05, 0.1) is 35.6 Å². The van der Waals surface area contributed by atoms with Crippen LogP contribution in [-0.4, -0.2) is 28.2 Å². The van der Waals surface area contributed by atoms with E-state index < -0.39 is 5.97 Å². The van der Waals surface area contributed by atoms with Gasteiger partial charge in [0.25, 0.3) is 0 Å². The van der Waals surface area contributed by atoms with E-state index in [4.69, 9.17) is 5.26 Å². The summed E-state index contributed by atoms with van der Waals surface area (Å²) in [7, 11) is 1.26. The molecular weight excluding hydrogens is 282 g/mol. The second kappa shape index (κ2) is 5.22. The Bertz CT molecular complexity index is 922. The van der Waals surface area contributed by atoms with E-state index in [1.54, 1.807) is 18.5 Å². The predicted molar refractivity (Wildman–Crippen MR) is 79.2 cm³/mol. The number of H-pyrrole nitrogens is 1. The molecule has 0 bridgehead atoms. The molecular formula is C16H11N3O3. The van der Waals surface area contributed by atoms with Gasteiger partial charge in [-0.05, 0) is 29.8 Å². The van der Waals surface area contributed by atoms with Gasteiger partial charge in [-0.2, -0.15) is 5.26 Å². The van der Waals surface area contributed by atoms with Crippen molar-refractivity contribution in [3.8, 4) is 22.9 Å². The van der Waals surface area contributed by atoms with E-state index in [1.165, 1.54) is 19.2 Å². The maximum atomic E-state index is 11.7. The van der Waals surface area contributed by atoms with Crippen molar-refractivity contribution >= 4 is 17.0 Å². The zero-order valence-corrected chi connectivity index (χ0v) is 11.6. The standard InChI is InChI=1S/C16H11N3O3/c1-22-16(21)10-4-11(7-17)15(20)12(5-10)9-2-3-13-14(6-9)19-8-18-13/h2-6,8,20H,1H3,(H,18,19). The van der Waals surface area contributed by atoms with Gasteiger partial charge in [-0.3, -0.25) is 0 Å². The Morgan fingerprint density at radius 3 is 2.91 bits per heavy atom. The van der Waals surface area contributed by atoms with E-state index in [-0.39, 0.29) is 16.9 Å². The fraction of sp³-hybridized carbons (Fsp3) is 0.0625. The van der Waals surface area contributed by atoms with Crippen molar-refractivity contribution in [2.45, 2.75) is 0 Å². The third-order valence-electron chi connectivity index (χ3n) is 3.38. The number of nitrogens with one attached hydrogen (secondary N) is 1. The number of hydrogen-bond donors (Lipinski definition) is 2. The van der Waals surface area contributed by atoms with Crippen LogP contribution < -0.4 is 0 Å². The van der Waals surface area contributed by atoms with Gasteiger partial charge in [0.2, 0.25) is 0 Å². The number of carbonyl (C=O) groups is 1. The van der Waals surface area contributed by atoms with Gasteiger partial charge in [0.1, 0.15) is 11.8 Å². The average Bonchev–Trinajstić information content (AvgIpc) is 3.01. The number of rotatable bonds is 2. The van der Waals surface area contributed by atoms with Crippen molar-refractivity contribution in [3.05, 3.63) is 47.8 Å². The fourth-order valence-corrected chi connectivity index (χ4v) is 2.27. The number of ether oxygens (including phenoxy) is 1. The number of methoxy groups -OCH3 is 1. The molecule has 1 aromatic heterocycles. The van der Waals surface area contributed by atoms with Crippen LogP contribution in [0.4, 0.5) is 0 Å². The van der Waals surface area contributed by atoms with Crippen LogP contribution in [0.2, 0.25) is 0 Å². The second-order valence-corrected chi connectivity index (χ2v) is 4.66. The average molecular weight is 293 g/mol. The first-order chi connectivity index (χ1) is 10.6. The number of fused-ring (bicyclic) bond motifs is 1. The lowest BCUT2D eigenvalue weighted by Crippen LogP contribution is -2.02. The van der Waals surface area contributed by atoms with Crippen molar-refractivity contribution in [1.82, 2.24) is 9.97 Å². The van der Waals surface area contributed by atoms with Crippen LogP contribution in [-0.2, 0) is 4.74 Å². The molecule has 0 amide bonds. The molecule has 6 heteroatoms. The first-order valence-electron chi connectivity index (χ1n) is 6.43. The van der Waals surface area contributed by atoms with Crippen LogP contribution in [0.5, 0.6) is 5.75 Å². The fourth-order valence-electron chi connectivity index (χ4n) is 2.27. The second-order valence-electron chi connectivity index (χ2n) is 4.66. The van der Waals surface area contributed by atoms with Gasteiger partial charge in [0.15, 0.2) is 0 Å². The van der Waals surface area contributed by atoms with Crippen LogP contribution in [0, 0.1) is 11.3 Å². The zero-order valence-electron chi connectivity index (χ0n) is 11.6. The van der Waals surface area contributed by atoms with E-state index in [2.05, 4.69) is 14.7 Å². The number of carbonyl (C=O) groups excluding carboxylic acids is 1. The molecule has 0 saturated heterocycles. The number of imidazole rings is 1. The Balaban J connectivity index is 2.24. The lowest BCUT2D eigenvalue weighted by atomic mass is 9.98. The summed E-state index contributed by atoms with van der Waals surface area (Å²) in [6.07, 6.45) is 1.57. The Hall–Kier alpha value is -3.33. The molecule has 1 heterocycles. The molecule has 108 valence electrons. The molecule has 0 aliphatic carbocycles. The van der Waals surface area contributed by atoms with Crippen molar-refractivity contribution in [3.63, 3.8) is 0 Å². The third-order valence-corrected chi connectivity index (χ3v) is 3.38. The molecule has 0 saturated carbocycles. The van der Waals surface area contributed by atoms with Gasteiger partial charge in [0, 0.05) is 5.56 Å². The SMILES string of the molecule is COC(=O)c1cc(C#N)c(O)c(-c2ccc3[nH]cnc3c2)c1. The normalized spacial score (nSPS) is 10.4. The summed E-state index contributed by atoms with van der Waals surface area (Å²) in [5, 5.41) is 19.4. The highest BCUT2D eigenvalue weighted by atomic mass is 16.5. The molecule has 0 unspecified atom stereocenters. The van der Waals surface area contributed by atoms with Crippen molar-refractivity contribution in [2.24, 2.45) is 0 Å². The molecule has 0 aliphatic rings. The molecule has 3 rings (SSSR count). The minimum Gasteiger partial charge on any atom is -0.506 e. The highest BCUT2D eigenvalue weighted by molar-refractivity contribution is 5.94. The summed E-state index contributed by atoms with van der Waals surface area (Å²) in [5.74, 6) is -0.747. The molecule has 0 spiro atoms. The number of nitrogens with zero attached hydrogens (tertiary/aromatic N) is 2. The summed E-state index contributed by atoms with van der Waals surface area (Å²) >= 11 is 0. The summed E-state index contributed by atoms with van der Waals surface area (Å²) in [6.45, 7) is 0. The number of esters is 1. The summed E-state index contributed by atoms with van der Waals surface area (Å²) < 4.78 is 4.68. The number of phenols is 1. The first kappa shape index (κ1) is 13.6. The molecule has 2 aromatic carbocycles. The number of phenolic OH excluding ortho intramolecular Hbond substituents is 1. The largest absolute Gasteiger partial charge is 0.506 e. The summed E-state index contributed by atoms with van der Waals surface area (Å²) in [6, 6.07) is 10.0. The number of hydrogen-bond acceptors (Lipinski definition) is 5. The van der Waals surface area contributed by atoms with Crippen LogP contribution in [0.25, 0.3) is 22.2 Å². The molecule has 0 fully saturated rings. The molecule has 0 radical (unpaired) electrons. The lowest BCUT2D eigenvalue weighted by molar-refractivity contribution is 0.0600. The minimum absolute atomic E-state index is 0.0139. The van der Waals surface area contributed by atoms with Crippen LogP contribution >= 0.6 is 0 Å². The van der Waals surface area contributed by atoms with Crippen molar-refractivity contribution in [1.29, 1.82) is 5.26 Å². The molecule has 22 heavy (non-hydrogen) atoms. The zero-order chi connectivity index (χ0) is 15.7. The molecule has 3 aromatic rings. The maximum Gasteiger partial charge on any atom is 0.337 e. The van der Waals surface area contributed by atoms with Crippen LogP contribution in [0.1, 0.15) is 15.9 Å². The highest BCUT2D eigenvalue weighted by Crippen LogP contribution is 2.34. The molecule has 0 aliphatic heterocycles. The quantitative estimate of drug-likeness (QED) is 0.707. The Morgan fingerprint density at radius 2 is 2.18 bits per heavy atom. The summed E-state index contributed by atoms with van der Waals surface area (Å²) in [5.41, 5.74) is 2.82. The molecule has 6 nitrogen and oxygen atoms in total. The van der Waals surface area contributed by atoms with Crippen molar-refractivity contribution < 1.29 is 14.6 Å². The van der Waals surface area contributed by atoms with E-state index in [0.717, 1.165) is 11.0 Å². The van der Waals surface area contributed by atoms with E-state index >= 15 is 0 Å². The van der Waals surface area contributed by atoms with Crippen LogP contribution in [0.3, 0.4) is 0 Å². The van der Waals surface area contributed by atoms with Gasteiger partial charge in [-0.15, -0.1) is 0 Å². The predicted octanol–water partition coefficient (Wildman–Crippen LogP) is 2.59. The smallest absolute Gasteiger partial charge is 0.337 e. The van der Waals surface area contributed by atoms with Crippen molar-refractivity contribution in [2.75, 3.05) is 7.11 Å². The lowest BCUT2D eigenvalue weighted by Gasteiger charge is -2.09. The number of aromatic amines is 1. The van der Waals surface area contributed by atoms with E-state index in [1.807, 2.05) is 12.1 Å². The van der Waals surface area contributed by atoms with Gasteiger partial charge in [-0.25, -0.2) is 9.78 Å². The monoisotopic (exact) mass is 293 g/mol. The van der Waals surface area contributed by atoms with Gasteiger partial charge < -0.3 is 14.8 Å². The Labute approximate surface area is 125 Å². The first-order valence-corrected chi connectivity index (χ1v) is 6.43. The third kappa shape index (κ3) is 2.15. The summed E-state index contributed by atoms with van der Waals surface area (Å²) in [4.78, 5) is 18.8. The van der Waals surface area contributed by atoms with Gasteiger partial charge in [-0.1, -0.05) is 6.07 Å². The highest BCUT2D eigenvalue weighted by Gasteiger charge is 2.16. The molecule has 0 atom stereocenters. The Morgan fingerprint density at radius 1 is 1.36 bits per heavy atom. The van der Waals surface area contributed by atoms with Crippen LogP contribution in [0.15, 0.2) is 36.7 Å². The maximum absolute atomic E-state index is 11.7.